The summed E-state index contributed by atoms with van der Waals surface area (Å²) in [6, 6.07) is 7.55. The average molecular weight is 313 g/mol. The molecule has 2 rings (SSSR count). The van der Waals surface area contributed by atoms with E-state index in [1.165, 1.54) is 18.6 Å². The lowest BCUT2D eigenvalue weighted by molar-refractivity contribution is -0.119. The number of esters is 1. The first-order chi connectivity index (χ1) is 10.9. The second-order valence-electron chi connectivity index (χ2n) is 6.01. The second-order valence-corrected chi connectivity index (χ2v) is 6.01. The van der Waals surface area contributed by atoms with Gasteiger partial charge in [0.05, 0.1) is 6.20 Å². The summed E-state index contributed by atoms with van der Waals surface area (Å²) in [6.45, 7) is 5.80. The van der Waals surface area contributed by atoms with E-state index in [9.17, 15) is 9.59 Å². The topological polar surface area (TPSA) is 81.2 Å². The molecule has 0 aliphatic carbocycles. The van der Waals surface area contributed by atoms with Crippen molar-refractivity contribution in [1.82, 2.24) is 9.97 Å². The molecule has 1 aromatic carbocycles. The summed E-state index contributed by atoms with van der Waals surface area (Å²) in [6.07, 6.45) is 4.12. The molecular weight excluding hydrogens is 294 g/mol. The van der Waals surface area contributed by atoms with Crippen molar-refractivity contribution < 1.29 is 14.3 Å². The van der Waals surface area contributed by atoms with Gasteiger partial charge in [-0.25, -0.2) is 9.78 Å². The Morgan fingerprint density at radius 2 is 1.91 bits per heavy atom. The van der Waals surface area contributed by atoms with E-state index in [0.29, 0.717) is 5.69 Å². The zero-order valence-corrected chi connectivity index (χ0v) is 13.4. The molecule has 6 nitrogen and oxygen atoms in total. The molecule has 0 saturated heterocycles. The Morgan fingerprint density at radius 3 is 2.57 bits per heavy atom. The quantitative estimate of drug-likeness (QED) is 0.877. The molecule has 0 atom stereocenters. The first kappa shape index (κ1) is 16.6. The highest BCUT2D eigenvalue weighted by molar-refractivity contribution is 5.95. The van der Waals surface area contributed by atoms with E-state index in [1.54, 1.807) is 0 Å². The summed E-state index contributed by atoms with van der Waals surface area (Å²) in [4.78, 5) is 31.3. The van der Waals surface area contributed by atoms with Gasteiger partial charge in [-0.05, 0) is 17.0 Å². The number of hydrogen-bond donors (Lipinski definition) is 1. The summed E-state index contributed by atoms with van der Waals surface area (Å²) < 4.78 is 4.93. The molecule has 0 fully saturated rings. The molecule has 120 valence electrons. The maximum absolute atomic E-state index is 12.0. The molecular formula is C17H19N3O3. The molecule has 1 N–H and O–H groups in total. The molecule has 0 aliphatic rings. The second kappa shape index (κ2) is 7.00. The third-order valence-electron chi connectivity index (χ3n) is 3.12. The van der Waals surface area contributed by atoms with E-state index in [-0.39, 0.29) is 17.7 Å². The van der Waals surface area contributed by atoms with E-state index >= 15 is 0 Å². The molecule has 0 spiro atoms. The summed E-state index contributed by atoms with van der Waals surface area (Å²) in [5, 5.41) is 2.77. The van der Waals surface area contributed by atoms with Crippen molar-refractivity contribution in [3.8, 4) is 0 Å². The zero-order chi connectivity index (χ0) is 16.9. The van der Waals surface area contributed by atoms with Crippen molar-refractivity contribution in [2.45, 2.75) is 26.2 Å². The minimum atomic E-state index is -0.683. The SMILES string of the molecule is CC(C)(C)c1ccccc1NC(=O)COC(=O)c1cnccn1. The largest absolute Gasteiger partial charge is 0.451 e. The van der Waals surface area contributed by atoms with Crippen LogP contribution in [0.15, 0.2) is 42.9 Å². The van der Waals surface area contributed by atoms with E-state index < -0.39 is 11.9 Å². The van der Waals surface area contributed by atoms with Gasteiger partial charge >= 0.3 is 5.97 Å². The highest BCUT2D eigenvalue weighted by Crippen LogP contribution is 2.29. The number of carbonyl (C=O) groups is 2. The standard InChI is InChI=1S/C17H19N3O3/c1-17(2,3)12-6-4-5-7-13(12)20-15(21)11-23-16(22)14-10-18-8-9-19-14/h4-10H,11H2,1-3H3,(H,20,21). The van der Waals surface area contributed by atoms with Crippen LogP contribution in [0.4, 0.5) is 5.69 Å². The van der Waals surface area contributed by atoms with Crippen LogP contribution in [-0.2, 0) is 14.9 Å². The lowest BCUT2D eigenvalue weighted by Gasteiger charge is -2.22. The van der Waals surface area contributed by atoms with Crippen molar-refractivity contribution in [3.63, 3.8) is 0 Å². The molecule has 23 heavy (non-hydrogen) atoms. The summed E-state index contributed by atoms with van der Waals surface area (Å²) in [5.41, 5.74) is 1.67. The highest BCUT2D eigenvalue weighted by Gasteiger charge is 2.19. The highest BCUT2D eigenvalue weighted by atomic mass is 16.5. The van der Waals surface area contributed by atoms with Gasteiger partial charge in [-0.3, -0.25) is 9.78 Å². The molecule has 1 amide bonds. The number of nitrogens with one attached hydrogen (secondary N) is 1. The third-order valence-corrected chi connectivity index (χ3v) is 3.12. The molecule has 0 saturated carbocycles. The van der Waals surface area contributed by atoms with Crippen LogP contribution in [0.3, 0.4) is 0 Å². The Bertz CT molecular complexity index is 694. The fraction of sp³-hybridized carbons (Fsp3) is 0.294. The molecule has 0 unspecified atom stereocenters. The van der Waals surface area contributed by atoms with Gasteiger partial charge < -0.3 is 10.1 Å². The van der Waals surface area contributed by atoms with Crippen molar-refractivity contribution in [2.75, 3.05) is 11.9 Å². The van der Waals surface area contributed by atoms with E-state index in [1.807, 2.05) is 24.3 Å². The van der Waals surface area contributed by atoms with E-state index in [4.69, 9.17) is 4.74 Å². The van der Waals surface area contributed by atoms with Crippen LogP contribution in [0.2, 0.25) is 0 Å². The van der Waals surface area contributed by atoms with Gasteiger partial charge in [0.15, 0.2) is 12.3 Å². The molecule has 0 bridgehead atoms. The smallest absolute Gasteiger partial charge is 0.359 e. The monoisotopic (exact) mass is 313 g/mol. The normalized spacial score (nSPS) is 10.9. The number of carbonyl (C=O) groups excluding carboxylic acids is 2. The lowest BCUT2D eigenvalue weighted by Crippen LogP contribution is -2.23. The minimum absolute atomic E-state index is 0.0652. The Balaban J connectivity index is 1.97. The third kappa shape index (κ3) is 4.60. The number of benzene rings is 1. The molecule has 2 aromatic rings. The van der Waals surface area contributed by atoms with Gasteiger partial charge in [0.1, 0.15) is 0 Å². The van der Waals surface area contributed by atoms with Gasteiger partial charge in [-0.2, -0.15) is 0 Å². The summed E-state index contributed by atoms with van der Waals surface area (Å²) >= 11 is 0. The van der Waals surface area contributed by atoms with Gasteiger partial charge in [-0.1, -0.05) is 39.0 Å². The molecule has 6 heteroatoms. The number of para-hydroxylation sites is 1. The van der Waals surface area contributed by atoms with Crippen LogP contribution in [0, 0.1) is 0 Å². The molecule has 0 aliphatic heterocycles. The first-order valence-electron chi connectivity index (χ1n) is 7.20. The summed E-state index contributed by atoms with van der Waals surface area (Å²) in [7, 11) is 0. The zero-order valence-electron chi connectivity index (χ0n) is 13.4. The first-order valence-corrected chi connectivity index (χ1v) is 7.20. The van der Waals surface area contributed by atoms with Crippen molar-refractivity contribution in [1.29, 1.82) is 0 Å². The van der Waals surface area contributed by atoms with Gasteiger partial charge in [-0.15, -0.1) is 0 Å². The lowest BCUT2D eigenvalue weighted by atomic mass is 9.86. The van der Waals surface area contributed by atoms with Crippen LogP contribution in [0.5, 0.6) is 0 Å². The number of anilines is 1. The number of aromatic nitrogens is 2. The fourth-order valence-corrected chi connectivity index (χ4v) is 2.04. The van der Waals surface area contributed by atoms with Gasteiger partial charge in [0.25, 0.3) is 5.91 Å². The van der Waals surface area contributed by atoms with Crippen molar-refractivity contribution >= 4 is 17.6 Å². The van der Waals surface area contributed by atoms with Crippen molar-refractivity contribution in [2.24, 2.45) is 0 Å². The predicted octanol–water partition coefficient (Wildman–Crippen LogP) is 2.57. The van der Waals surface area contributed by atoms with E-state index in [2.05, 4.69) is 36.1 Å². The van der Waals surface area contributed by atoms with Gasteiger partial charge in [0, 0.05) is 18.1 Å². The molecule has 1 aromatic heterocycles. The Kier molecular flexibility index (Phi) is 5.05. The van der Waals surface area contributed by atoms with Crippen molar-refractivity contribution in [3.05, 3.63) is 54.1 Å². The van der Waals surface area contributed by atoms with E-state index in [0.717, 1.165) is 5.56 Å². The number of ether oxygens (including phenoxy) is 1. The molecule has 0 radical (unpaired) electrons. The van der Waals surface area contributed by atoms with Crippen LogP contribution in [0.25, 0.3) is 0 Å². The maximum Gasteiger partial charge on any atom is 0.359 e. The average Bonchev–Trinajstić information content (AvgIpc) is 2.53. The van der Waals surface area contributed by atoms with Crippen LogP contribution in [0.1, 0.15) is 36.8 Å². The number of rotatable bonds is 4. The maximum atomic E-state index is 12.0. The summed E-state index contributed by atoms with van der Waals surface area (Å²) in [5.74, 6) is -1.09. The fourth-order valence-electron chi connectivity index (χ4n) is 2.04. The number of hydrogen-bond acceptors (Lipinski definition) is 5. The van der Waals surface area contributed by atoms with Crippen LogP contribution in [-0.4, -0.2) is 28.5 Å². The minimum Gasteiger partial charge on any atom is -0.451 e. The number of amides is 1. The van der Waals surface area contributed by atoms with Crippen LogP contribution < -0.4 is 5.32 Å². The molecule has 1 heterocycles. The Hall–Kier alpha value is -2.76. The van der Waals surface area contributed by atoms with Gasteiger partial charge in [0.2, 0.25) is 0 Å². The Morgan fingerprint density at radius 1 is 1.17 bits per heavy atom. The number of nitrogens with zero attached hydrogens (tertiary/aromatic N) is 2. The van der Waals surface area contributed by atoms with Crippen LogP contribution >= 0.6 is 0 Å². The Labute approximate surface area is 134 Å². The predicted molar refractivity (Wildman–Crippen MR) is 86.1 cm³/mol.